The minimum Gasteiger partial charge on any atom is -0.494 e. The molecule has 2 amide bonds. The molecule has 0 bridgehead atoms. The highest BCUT2D eigenvalue weighted by atomic mass is 32.2. The number of nitrogens with one attached hydrogen (secondary N) is 2. The summed E-state index contributed by atoms with van der Waals surface area (Å²) in [4.78, 5) is 23.9. The van der Waals surface area contributed by atoms with Gasteiger partial charge in [0.2, 0.25) is 18.2 Å². The largest absolute Gasteiger partial charge is 0.494 e. The van der Waals surface area contributed by atoms with Gasteiger partial charge in [-0.3, -0.25) is 14.3 Å². The number of halogens is 2. The van der Waals surface area contributed by atoms with E-state index in [4.69, 9.17) is 9.84 Å². The average molecular weight is 601 g/mol. The van der Waals surface area contributed by atoms with Gasteiger partial charge in [0.25, 0.3) is 0 Å². The van der Waals surface area contributed by atoms with Gasteiger partial charge in [-0.2, -0.15) is 16.9 Å². The van der Waals surface area contributed by atoms with Gasteiger partial charge in [-0.05, 0) is 75.5 Å². The topological polar surface area (TPSA) is 85.2 Å². The van der Waals surface area contributed by atoms with Gasteiger partial charge in [0.1, 0.15) is 5.75 Å². The molecule has 0 radical (unpaired) electrons. The zero-order chi connectivity index (χ0) is 30.4. The maximum atomic E-state index is 13.1. The Labute approximate surface area is 251 Å². The highest BCUT2D eigenvalue weighted by Gasteiger charge is 2.21. The number of alkyl halides is 2. The van der Waals surface area contributed by atoms with Crippen LogP contribution in [0.3, 0.4) is 0 Å². The number of carbonyl (C=O) groups excluding carboxylic acids is 2. The van der Waals surface area contributed by atoms with E-state index in [1.165, 1.54) is 17.3 Å². The molecule has 1 aromatic heterocycles. The zero-order valence-electron chi connectivity index (χ0n) is 24.7. The number of aromatic nitrogens is 2. The van der Waals surface area contributed by atoms with Crippen molar-refractivity contribution in [3.05, 3.63) is 77.0 Å². The first-order valence-electron chi connectivity index (χ1n) is 14.4. The summed E-state index contributed by atoms with van der Waals surface area (Å²) in [6.07, 6.45) is 6.37. The molecule has 1 atom stereocenters. The van der Waals surface area contributed by atoms with E-state index >= 15 is 0 Å². The molecule has 0 saturated heterocycles. The number of hydrogen-bond donors (Lipinski definition) is 2. The van der Waals surface area contributed by atoms with Crippen molar-refractivity contribution < 1.29 is 23.1 Å². The lowest BCUT2D eigenvalue weighted by Crippen LogP contribution is -2.31. The fourth-order valence-corrected chi connectivity index (χ4v) is 5.14. The molecule has 0 fully saturated rings. The molecule has 1 heterocycles. The molecule has 0 aliphatic carbocycles. The molecule has 0 saturated carbocycles. The fourth-order valence-electron chi connectivity index (χ4n) is 4.80. The minimum absolute atomic E-state index is 0.0980. The summed E-state index contributed by atoms with van der Waals surface area (Å²) >= 11 is 1.45. The number of anilines is 1. The lowest BCUT2D eigenvalue weighted by molar-refractivity contribution is -0.114. The highest BCUT2D eigenvalue weighted by Crippen LogP contribution is 2.23. The van der Waals surface area contributed by atoms with Crippen LogP contribution in [0.2, 0.25) is 0 Å². The Kier molecular flexibility index (Phi) is 13.3. The number of rotatable bonds is 19. The number of benzene rings is 2. The van der Waals surface area contributed by atoms with Crippen LogP contribution in [0.15, 0.2) is 54.6 Å². The third-order valence-corrected chi connectivity index (χ3v) is 7.53. The Bertz CT molecular complexity index is 1260. The molecule has 2 aromatic carbocycles. The van der Waals surface area contributed by atoms with Crippen molar-refractivity contribution in [2.24, 2.45) is 0 Å². The van der Waals surface area contributed by atoms with Gasteiger partial charge >= 0.3 is 0 Å². The van der Waals surface area contributed by atoms with E-state index < -0.39 is 5.92 Å². The molecule has 0 spiro atoms. The van der Waals surface area contributed by atoms with E-state index in [9.17, 15) is 18.4 Å². The lowest BCUT2D eigenvalue weighted by Gasteiger charge is -2.18. The molecule has 3 rings (SSSR count). The third-order valence-electron chi connectivity index (χ3n) is 6.98. The number of amides is 2. The molecule has 42 heavy (non-hydrogen) atoms. The van der Waals surface area contributed by atoms with Crippen molar-refractivity contribution in [1.29, 1.82) is 0 Å². The molecule has 228 valence electrons. The van der Waals surface area contributed by atoms with Crippen molar-refractivity contribution in [2.45, 2.75) is 77.3 Å². The van der Waals surface area contributed by atoms with E-state index in [1.807, 2.05) is 60.3 Å². The summed E-state index contributed by atoms with van der Waals surface area (Å²) in [6, 6.07) is 17.7. The van der Waals surface area contributed by atoms with E-state index in [0.717, 1.165) is 43.0 Å². The predicted octanol–water partition coefficient (Wildman–Crippen LogP) is 6.23. The molecular formula is C32H42F2N4O3S. The highest BCUT2D eigenvalue weighted by molar-refractivity contribution is 7.99. The van der Waals surface area contributed by atoms with Crippen LogP contribution in [0.5, 0.6) is 5.75 Å². The molecule has 0 aliphatic rings. The predicted molar refractivity (Wildman–Crippen MR) is 166 cm³/mol. The van der Waals surface area contributed by atoms with Gasteiger partial charge in [-0.15, -0.1) is 0 Å². The molecule has 10 heteroatoms. The summed E-state index contributed by atoms with van der Waals surface area (Å²) in [5.74, 6) is -1.25. The van der Waals surface area contributed by atoms with E-state index in [2.05, 4.69) is 22.8 Å². The van der Waals surface area contributed by atoms with E-state index in [0.29, 0.717) is 43.1 Å². The second-order valence-corrected chi connectivity index (χ2v) is 11.5. The van der Waals surface area contributed by atoms with Crippen LogP contribution in [0.4, 0.5) is 14.6 Å². The number of carbonyl (C=O) groups is 2. The molecule has 2 N–H and O–H groups in total. The summed E-state index contributed by atoms with van der Waals surface area (Å²) in [6.45, 7) is 3.78. The average Bonchev–Trinajstić information content (AvgIpc) is 3.23. The van der Waals surface area contributed by atoms with Crippen LogP contribution >= 0.6 is 11.8 Å². The Morgan fingerprint density at radius 1 is 1.12 bits per heavy atom. The first-order chi connectivity index (χ1) is 20.2. The smallest absolute Gasteiger partial charge is 0.245 e. The SMILES string of the molecule is CSCC(=O)Nc1nn(CCCc2ccccc2)c(CC(CCc2cccc(OCCCC(C)(F)F)c2)NC=O)c1C. The Morgan fingerprint density at radius 3 is 2.60 bits per heavy atom. The van der Waals surface area contributed by atoms with Crippen molar-refractivity contribution in [1.82, 2.24) is 15.1 Å². The van der Waals surface area contributed by atoms with Gasteiger partial charge in [0.15, 0.2) is 5.82 Å². The van der Waals surface area contributed by atoms with Crippen molar-refractivity contribution in [2.75, 3.05) is 23.9 Å². The molecular weight excluding hydrogens is 558 g/mol. The number of aryl methyl sites for hydroxylation is 3. The quantitative estimate of drug-likeness (QED) is 0.126. The summed E-state index contributed by atoms with van der Waals surface area (Å²) < 4.78 is 33.8. The normalized spacial score (nSPS) is 12.1. The summed E-state index contributed by atoms with van der Waals surface area (Å²) in [7, 11) is 0. The van der Waals surface area contributed by atoms with Gasteiger partial charge in [0.05, 0.1) is 12.4 Å². The molecule has 3 aromatic rings. The second kappa shape index (κ2) is 16.9. The van der Waals surface area contributed by atoms with Gasteiger partial charge in [-0.25, -0.2) is 8.78 Å². The second-order valence-electron chi connectivity index (χ2n) is 10.6. The number of ether oxygens (including phenoxy) is 1. The lowest BCUT2D eigenvalue weighted by atomic mass is 10.00. The van der Waals surface area contributed by atoms with Crippen LogP contribution in [0.1, 0.15) is 55.0 Å². The van der Waals surface area contributed by atoms with E-state index in [-0.39, 0.29) is 31.4 Å². The molecule has 7 nitrogen and oxygen atoms in total. The summed E-state index contributed by atoms with van der Waals surface area (Å²) in [5, 5.41) is 10.7. The number of hydrogen-bond acceptors (Lipinski definition) is 5. The van der Waals surface area contributed by atoms with Gasteiger partial charge in [-0.1, -0.05) is 42.5 Å². The van der Waals surface area contributed by atoms with Gasteiger partial charge in [0, 0.05) is 36.7 Å². The first kappa shape index (κ1) is 33.1. The standard InChI is InChI=1S/C32H42F2N4O3S/c1-24-29(38(37-31(24)36-30(40)22-42-3)18-8-13-25-10-5-4-6-11-25)21-27(35-23-39)16-15-26-12-7-14-28(20-26)41-19-9-17-32(2,33)34/h4-7,10-12,14,20,23,27H,8-9,13,15-19,21-22H2,1-3H3,(H,35,39)(H,36,37,40). The van der Waals surface area contributed by atoms with Gasteiger partial charge < -0.3 is 15.4 Å². The molecule has 1 unspecified atom stereocenters. The first-order valence-corrected chi connectivity index (χ1v) is 15.8. The fraction of sp³-hybridized carbons (Fsp3) is 0.469. The minimum atomic E-state index is -2.69. The number of thioether (sulfide) groups is 1. The Morgan fingerprint density at radius 2 is 1.88 bits per heavy atom. The Balaban J connectivity index is 1.68. The maximum Gasteiger partial charge on any atom is 0.245 e. The maximum absolute atomic E-state index is 13.1. The van der Waals surface area contributed by atoms with E-state index in [1.54, 1.807) is 0 Å². The van der Waals surface area contributed by atoms with Crippen LogP contribution in [0, 0.1) is 6.92 Å². The summed E-state index contributed by atoms with van der Waals surface area (Å²) in [5.41, 5.74) is 4.16. The monoisotopic (exact) mass is 600 g/mol. The van der Waals surface area contributed by atoms with Crippen LogP contribution in [0.25, 0.3) is 0 Å². The zero-order valence-corrected chi connectivity index (χ0v) is 25.5. The van der Waals surface area contributed by atoms with Crippen LogP contribution < -0.4 is 15.4 Å². The van der Waals surface area contributed by atoms with Crippen molar-refractivity contribution >= 4 is 29.9 Å². The Hall–Kier alpha value is -3.40. The van der Waals surface area contributed by atoms with Crippen molar-refractivity contribution in [3.63, 3.8) is 0 Å². The third kappa shape index (κ3) is 11.5. The van der Waals surface area contributed by atoms with Crippen LogP contribution in [-0.4, -0.2) is 52.7 Å². The van der Waals surface area contributed by atoms with Crippen molar-refractivity contribution in [3.8, 4) is 5.75 Å². The molecule has 0 aliphatic heterocycles. The number of nitrogens with zero attached hydrogens (tertiary/aromatic N) is 2. The van der Waals surface area contributed by atoms with Crippen LogP contribution in [-0.2, 0) is 35.4 Å².